The summed E-state index contributed by atoms with van der Waals surface area (Å²) in [6.07, 6.45) is 2.33. The maximum atomic E-state index is 10.0. The van der Waals surface area contributed by atoms with Crippen LogP contribution in [0.1, 0.15) is 27.7 Å². The van der Waals surface area contributed by atoms with Crippen molar-refractivity contribution >= 4 is 30.4 Å². The van der Waals surface area contributed by atoms with Crippen LogP contribution in [0.4, 0.5) is 0 Å². The number of hydrogen-bond acceptors (Lipinski definition) is 4. The third kappa shape index (κ3) is 49.7. The second kappa shape index (κ2) is 15.7. The van der Waals surface area contributed by atoms with Crippen molar-refractivity contribution in [3.63, 3.8) is 0 Å². The Labute approximate surface area is 118 Å². The Morgan fingerprint density at radius 2 is 1.06 bits per heavy atom. The number of carbonyl (C=O) groups excluding carboxylic acids is 2. The van der Waals surface area contributed by atoms with Crippen LogP contribution < -0.4 is 0 Å². The Bertz CT molecular complexity index is 252. The molecule has 100 valence electrons. The van der Waals surface area contributed by atoms with Gasteiger partial charge in [-0.2, -0.15) is 0 Å². The Morgan fingerprint density at radius 3 is 1.06 bits per heavy atom. The van der Waals surface area contributed by atoms with Crippen molar-refractivity contribution in [3.8, 4) is 0 Å². The molecule has 17 heavy (non-hydrogen) atoms. The summed E-state index contributed by atoms with van der Waals surface area (Å²) in [4.78, 5) is 20.0. The standard InChI is InChI=1S/2C5H8O2.2ClH.Mo/c2*1-4(6)3-5(2)7;;;/h2*3,6H,1-2H3;2*1H;/q;;;;+2/p-2/b2*4-3-;;;. The summed E-state index contributed by atoms with van der Waals surface area (Å²) in [5.74, 6) is -0.125. The van der Waals surface area contributed by atoms with Crippen molar-refractivity contribution in [1.29, 1.82) is 0 Å². The number of hydrogen-bond donors (Lipinski definition) is 2. The van der Waals surface area contributed by atoms with Crippen molar-refractivity contribution in [2.24, 2.45) is 0 Å². The molecule has 0 fully saturated rings. The third-order valence-corrected chi connectivity index (χ3v) is 0.824. The van der Waals surface area contributed by atoms with Gasteiger partial charge < -0.3 is 10.2 Å². The molecule has 0 aromatic rings. The zero-order valence-corrected chi connectivity index (χ0v) is 13.5. The van der Waals surface area contributed by atoms with Gasteiger partial charge in [0.25, 0.3) is 0 Å². The first-order chi connectivity index (χ1) is 7.67. The fraction of sp³-hybridized carbons (Fsp3) is 0.400. The SMILES string of the molecule is CC(=O)/C=C(/C)O.CC(=O)/C=C(/C)O.[Cl][Mo][Cl]. The molecular formula is C10H16Cl2MoO4. The van der Waals surface area contributed by atoms with Crippen molar-refractivity contribution < 1.29 is 36.3 Å². The van der Waals surface area contributed by atoms with Crippen molar-refractivity contribution in [1.82, 2.24) is 0 Å². The molecule has 0 spiro atoms. The first-order valence-corrected chi connectivity index (χ1v) is 9.49. The molecule has 0 rings (SSSR count). The van der Waals surface area contributed by atoms with Gasteiger partial charge in [-0.05, 0) is 27.7 Å². The van der Waals surface area contributed by atoms with E-state index in [1.165, 1.54) is 39.8 Å². The first kappa shape index (κ1) is 21.9. The molecule has 0 aromatic carbocycles. The number of halogens is 2. The van der Waals surface area contributed by atoms with E-state index in [9.17, 15) is 9.59 Å². The summed E-state index contributed by atoms with van der Waals surface area (Å²) in [5.41, 5.74) is 0. The molecule has 0 radical (unpaired) electrons. The van der Waals surface area contributed by atoms with Crippen molar-refractivity contribution in [2.75, 3.05) is 0 Å². The van der Waals surface area contributed by atoms with Gasteiger partial charge in [0.2, 0.25) is 0 Å². The van der Waals surface area contributed by atoms with Crippen LogP contribution in [0.15, 0.2) is 23.7 Å². The van der Waals surface area contributed by atoms with Gasteiger partial charge in [0, 0.05) is 12.2 Å². The molecule has 0 saturated heterocycles. The normalized spacial score (nSPS) is 10.5. The van der Waals surface area contributed by atoms with E-state index >= 15 is 0 Å². The summed E-state index contributed by atoms with van der Waals surface area (Å²) >= 11 is -0.586. The molecule has 4 nitrogen and oxygen atoms in total. The van der Waals surface area contributed by atoms with Crippen LogP contribution in [-0.2, 0) is 26.1 Å². The number of aliphatic hydroxyl groups excluding tert-OH is 2. The molecule has 0 bridgehead atoms. The third-order valence-electron chi connectivity index (χ3n) is 0.824. The average Bonchev–Trinajstić information content (AvgIpc) is 1.99. The van der Waals surface area contributed by atoms with E-state index in [1.54, 1.807) is 0 Å². The average molecular weight is 367 g/mol. The van der Waals surface area contributed by atoms with Crippen LogP contribution in [0.5, 0.6) is 0 Å². The Morgan fingerprint density at radius 1 is 0.882 bits per heavy atom. The van der Waals surface area contributed by atoms with E-state index in [-0.39, 0.29) is 23.1 Å². The molecule has 0 amide bonds. The summed E-state index contributed by atoms with van der Waals surface area (Å²) in [6.45, 7) is 5.70. The summed E-state index contributed by atoms with van der Waals surface area (Å²) < 4.78 is 0. The zero-order valence-electron chi connectivity index (χ0n) is 10.0. The maximum absolute atomic E-state index is 10.0. The molecule has 0 aliphatic carbocycles. The molecule has 0 aliphatic rings. The molecule has 0 unspecified atom stereocenters. The number of ketones is 2. The quantitative estimate of drug-likeness (QED) is 0.446. The van der Waals surface area contributed by atoms with Gasteiger partial charge in [0.1, 0.15) is 0 Å². The van der Waals surface area contributed by atoms with E-state index in [0.29, 0.717) is 0 Å². The predicted octanol–water partition coefficient (Wildman–Crippen LogP) is 3.45. The Kier molecular flexibility index (Phi) is 20.2. The van der Waals surface area contributed by atoms with Crippen LogP contribution in [0.3, 0.4) is 0 Å². The first-order valence-electron chi connectivity index (χ1n) is 4.32. The fourth-order valence-electron chi connectivity index (χ4n) is 0.588. The second-order valence-electron chi connectivity index (χ2n) is 2.85. The van der Waals surface area contributed by atoms with E-state index in [2.05, 4.69) is 0 Å². The minimum absolute atomic E-state index is 0.0625. The van der Waals surface area contributed by atoms with Crippen LogP contribution in [0.2, 0.25) is 0 Å². The van der Waals surface area contributed by atoms with Crippen LogP contribution >= 0.6 is 18.8 Å². The zero-order chi connectivity index (χ0) is 14.4. The topological polar surface area (TPSA) is 74.6 Å². The summed E-state index contributed by atoms with van der Waals surface area (Å²) in [6, 6.07) is 0. The second-order valence-corrected chi connectivity index (χ2v) is 5.90. The molecule has 7 heteroatoms. The molecule has 0 aromatic heterocycles. The van der Waals surface area contributed by atoms with Gasteiger partial charge >= 0.3 is 35.3 Å². The number of allylic oxidation sites excluding steroid dienone is 4. The van der Waals surface area contributed by atoms with Gasteiger partial charge in [-0.15, -0.1) is 0 Å². The van der Waals surface area contributed by atoms with E-state index in [4.69, 9.17) is 29.0 Å². The minimum atomic E-state index is -0.586. The molecular weight excluding hydrogens is 351 g/mol. The van der Waals surface area contributed by atoms with E-state index in [1.807, 2.05) is 0 Å². The molecule has 0 saturated carbocycles. The monoisotopic (exact) mass is 368 g/mol. The fourth-order valence-corrected chi connectivity index (χ4v) is 0.588. The van der Waals surface area contributed by atoms with Crippen LogP contribution in [-0.4, -0.2) is 21.8 Å². The number of carbonyl (C=O) groups is 2. The van der Waals surface area contributed by atoms with Gasteiger partial charge in [-0.1, -0.05) is 0 Å². The van der Waals surface area contributed by atoms with Crippen molar-refractivity contribution in [2.45, 2.75) is 27.7 Å². The molecule has 0 aliphatic heterocycles. The Hall–Kier alpha value is -0.312. The Balaban J connectivity index is -0.000000188. The number of aliphatic hydroxyl groups is 2. The van der Waals surface area contributed by atoms with Gasteiger partial charge in [-0.25, -0.2) is 0 Å². The van der Waals surface area contributed by atoms with Crippen molar-refractivity contribution in [3.05, 3.63) is 23.7 Å². The van der Waals surface area contributed by atoms with E-state index in [0.717, 1.165) is 0 Å². The van der Waals surface area contributed by atoms with Crippen LogP contribution in [0, 0.1) is 0 Å². The van der Waals surface area contributed by atoms with Gasteiger partial charge in [0.15, 0.2) is 11.6 Å². The molecule has 0 atom stereocenters. The predicted molar refractivity (Wildman–Crippen MR) is 65.8 cm³/mol. The van der Waals surface area contributed by atoms with Gasteiger partial charge in [-0.3, -0.25) is 9.59 Å². The van der Waals surface area contributed by atoms with Gasteiger partial charge in [0.05, 0.1) is 11.5 Å². The molecule has 0 heterocycles. The summed E-state index contributed by atoms with van der Waals surface area (Å²) in [5, 5.41) is 16.7. The van der Waals surface area contributed by atoms with E-state index < -0.39 is 16.5 Å². The molecule has 2 N–H and O–H groups in total. The summed E-state index contributed by atoms with van der Waals surface area (Å²) in [7, 11) is 9.79. The number of rotatable bonds is 2. The van der Waals surface area contributed by atoms with Crippen LogP contribution in [0.25, 0.3) is 0 Å².